The van der Waals surface area contributed by atoms with Gasteiger partial charge in [-0.2, -0.15) is 0 Å². The molecule has 2 atom stereocenters. The van der Waals surface area contributed by atoms with Crippen LogP contribution in [0.4, 0.5) is 0 Å². The van der Waals surface area contributed by atoms with Gasteiger partial charge in [-0.15, -0.1) is 11.8 Å². The molecular weight excluding hydrogens is 246 g/mol. The zero-order valence-corrected chi connectivity index (χ0v) is 12.0. The van der Waals surface area contributed by atoms with Gasteiger partial charge in [-0.05, 0) is 26.8 Å². The van der Waals surface area contributed by atoms with Crippen LogP contribution in [0.25, 0.3) is 5.78 Å². The van der Waals surface area contributed by atoms with E-state index in [9.17, 15) is 5.11 Å². The summed E-state index contributed by atoms with van der Waals surface area (Å²) in [6.45, 7) is 7.87. The summed E-state index contributed by atoms with van der Waals surface area (Å²) in [6.07, 6.45) is 1.73. The van der Waals surface area contributed by atoms with Gasteiger partial charge in [0.15, 0.2) is 0 Å². The lowest BCUT2D eigenvalue weighted by molar-refractivity contribution is 0.196. The molecular formula is C13H19N3OS. The molecule has 1 N–H and O–H groups in total. The van der Waals surface area contributed by atoms with E-state index in [2.05, 4.69) is 16.9 Å². The molecule has 2 heterocycles. The first-order valence-electron chi connectivity index (χ1n) is 6.09. The number of aryl methyl sites for hydroxylation is 2. The molecule has 0 bridgehead atoms. The number of rotatable bonds is 4. The van der Waals surface area contributed by atoms with E-state index in [1.165, 1.54) is 0 Å². The van der Waals surface area contributed by atoms with Crippen LogP contribution in [0, 0.1) is 13.8 Å². The molecule has 2 aromatic rings. The molecule has 0 radical (unpaired) electrons. The van der Waals surface area contributed by atoms with Crippen molar-refractivity contribution >= 4 is 17.5 Å². The Morgan fingerprint density at radius 3 is 2.72 bits per heavy atom. The van der Waals surface area contributed by atoms with Gasteiger partial charge in [-0.1, -0.05) is 6.92 Å². The van der Waals surface area contributed by atoms with Crippen LogP contribution in [0.3, 0.4) is 0 Å². The van der Waals surface area contributed by atoms with Gasteiger partial charge in [0.05, 0.1) is 11.8 Å². The lowest BCUT2D eigenvalue weighted by Gasteiger charge is -2.12. The van der Waals surface area contributed by atoms with Crippen molar-refractivity contribution in [1.82, 2.24) is 14.4 Å². The number of aromatic nitrogens is 3. The quantitative estimate of drug-likeness (QED) is 0.922. The van der Waals surface area contributed by atoms with Gasteiger partial charge in [0.2, 0.25) is 5.78 Å². The average molecular weight is 265 g/mol. The number of nitrogens with zero attached hydrogens (tertiary/aromatic N) is 3. The van der Waals surface area contributed by atoms with Crippen LogP contribution < -0.4 is 0 Å². The Balaban J connectivity index is 2.18. The number of fused-ring (bicyclic) bond motifs is 1. The molecule has 0 fully saturated rings. The molecule has 5 heteroatoms. The van der Waals surface area contributed by atoms with E-state index >= 15 is 0 Å². The first kappa shape index (κ1) is 13.4. The lowest BCUT2D eigenvalue weighted by Crippen LogP contribution is -2.15. The van der Waals surface area contributed by atoms with Gasteiger partial charge in [-0.3, -0.25) is 4.40 Å². The van der Waals surface area contributed by atoms with Gasteiger partial charge < -0.3 is 5.11 Å². The Morgan fingerprint density at radius 1 is 1.33 bits per heavy atom. The zero-order chi connectivity index (χ0) is 13.3. The SMILES string of the molecule is Cc1cc(C)n2cc(CSC(C)C(C)O)nc2n1. The van der Waals surface area contributed by atoms with E-state index in [4.69, 9.17) is 0 Å². The van der Waals surface area contributed by atoms with Crippen molar-refractivity contribution in [1.29, 1.82) is 0 Å². The molecule has 2 unspecified atom stereocenters. The fraction of sp³-hybridized carbons (Fsp3) is 0.538. The number of aliphatic hydroxyl groups is 1. The van der Waals surface area contributed by atoms with E-state index in [1.807, 2.05) is 37.4 Å². The zero-order valence-electron chi connectivity index (χ0n) is 11.2. The van der Waals surface area contributed by atoms with Gasteiger partial charge >= 0.3 is 0 Å². The van der Waals surface area contributed by atoms with Crippen molar-refractivity contribution in [3.8, 4) is 0 Å². The van der Waals surface area contributed by atoms with Crippen molar-refractivity contribution in [2.24, 2.45) is 0 Å². The molecule has 0 spiro atoms. The predicted molar refractivity (Wildman–Crippen MR) is 74.9 cm³/mol. The maximum absolute atomic E-state index is 9.46. The number of aliphatic hydroxyl groups excluding tert-OH is 1. The summed E-state index contributed by atoms with van der Waals surface area (Å²) in [6, 6.07) is 2.05. The summed E-state index contributed by atoms with van der Waals surface area (Å²) in [5.74, 6) is 1.56. The molecule has 4 nitrogen and oxygen atoms in total. The fourth-order valence-corrected chi connectivity index (χ4v) is 2.60. The third kappa shape index (κ3) is 2.84. The molecule has 0 amide bonds. The minimum Gasteiger partial charge on any atom is -0.392 e. The van der Waals surface area contributed by atoms with E-state index in [0.717, 1.165) is 28.6 Å². The first-order valence-corrected chi connectivity index (χ1v) is 7.14. The van der Waals surface area contributed by atoms with Gasteiger partial charge in [-0.25, -0.2) is 9.97 Å². The third-order valence-electron chi connectivity index (χ3n) is 2.98. The molecule has 0 aliphatic heterocycles. The average Bonchev–Trinajstić information content (AvgIpc) is 2.68. The Bertz CT molecular complexity index is 550. The number of imidazole rings is 1. The Kier molecular flexibility index (Phi) is 3.92. The monoisotopic (exact) mass is 265 g/mol. The summed E-state index contributed by atoms with van der Waals surface area (Å²) in [5, 5.41) is 9.67. The highest BCUT2D eigenvalue weighted by Crippen LogP contribution is 2.20. The van der Waals surface area contributed by atoms with Crippen LogP contribution in [0.15, 0.2) is 12.3 Å². The van der Waals surface area contributed by atoms with Crippen LogP contribution in [0.2, 0.25) is 0 Å². The summed E-state index contributed by atoms with van der Waals surface area (Å²) in [5.41, 5.74) is 3.14. The highest BCUT2D eigenvalue weighted by molar-refractivity contribution is 7.99. The normalized spacial score (nSPS) is 14.9. The molecule has 0 saturated heterocycles. The van der Waals surface area contributed by atoms with E-state index in [-0.39, 0.29) is 11.4 Å². The largest absolute Gasteiger partial charge is 0.392 e. The molecule has 0 saturated carbocycles. The van der Waals surface area contributed by atoms with Gasteiger partial charge in [0.1, 0.15) is 0 Å². The van der Waals surface area contributed by atoms with Crippen molar-refractivity contribution in [3.63, 3.8) is 0 Å². The first-order chi connectivity index (χ1) is 8.47. The summed E-state index contributed by atoms with van der Waals surface area (Å²) < 4.78 is 2.01. The predicted octanol–water partition coefficient (Wildman–Crippen LogP) is 2.35. The molecule has 0 aromatic carbocycles. The Hall–Kier alpha value is -1.07. The molecule has 98 valence electrons. The summed E-state index contributed by atoms with van der Waals surface area (Å²) in [7, 11) is 0. The summed E-state index contributed by atoms with van der Waals surface area (Å²) in [4.78, 5) is 8.93. The maximum atomic E-state index is 9.46. The highest BCUT2D eigenvalue weighted by atomic mass is 32.2. The number of hydrogen-bond acceptors (Lipinski definition) is 4. The Morgan fingerprint density at radius 2 is 2.06 bits per heavy atom. The maximum Gasteiger partial charge on any atom is 0.234 e. The highest BCUT2D eigenvalue weighted by Gasteiger charge is 2.11. The molecule has 0 aliphatic carbocycles. The van der Waals surface area contributed by atoms with Crippen LogP contribution >= 0.6 is 11.8 Å². The van der Waals surface area contributed by atoms with Crippen molar-refractivity contribution in [3.05, 3.63) is 29.3 Å². The number of thioether (sulfide) groups is 1. The minimum atomic E-state index is -0.297. The molecule has 2 aromatic heterocycles. The molecule has 2 rings (SSSR count). The Labute approximate surface area is 111 Å². The third-order valence-corrected chi connectivity index (χ3v) is 4.37. The van der Waals surface area contributed by atoms with E-state index in [0.29, 0.717) is 0 Å². The fourth-order valence-electron chi connectivity index (χ4n) is 1.74. The minimum absolute atomic E-state index is 0.214. The van der Waals surface area contributed by atoms with Gasteiger partial charge in [0, 0.05) is 28.6 Å². The number of hydrogen-bond donors (Lipinski definition) is 1. The topological polar surface area (TPSA) is 50.4 Å². The smallest absolute Gasteiger partial charge is 0.234 e. The van der Waals surface area contributed by atoms with Crippen LogP contribution in [0.1, 0.15) is 30.9 Å². The second kappa shape index (κ2) is 5.28. The lowest BCUT2D eigenvalue weighted by atomic mass is 10.3. The van der Waals surface area contributed by atoms with Crippen LogP contribution in [0.5, 0.6) is 0 Å². The van der Waals surface area contributed by atoms with Crippen molar-refractivity contribution in [2.75, 3.05) is 0 Å². The second-order valence-electron chi connectivity index (χ2n) is 4.70. The second-order valence-corrected chi connectivity index (χ2v) is 6.06. The van der Waals surface area contributed by atoms with Crippen LogP contribution in [-0.4, -0.2) is 30.8 Å². The molecule has 0 aliphatic rings. The standard InChI is InChI=1S/C13H19N3OS/c1-8-5-9(2)16-6-12(15-13(16)14-8)7-18-11(4)10(3)17/h5-6,10-11,17H,7H2,1-4H3. The van der Waals surface area contributed by atoms with E-state index < -0.39 is 0 Å². The van der Waals surface area contributed by atoms with Gasteiger partial charge in [0.25, 0.3) is 0 Å². The summed E-state index contributed by atoms with van der Waals surface area (Å²) >= 11 is 1.71. The van der Waals surface area contributed by atoms with Crippen LogP contribution in [-0.2, 0) is 5.75 Å². The van der Waals surface area contributed by atoms with E-state index in [1.54, 1.807) is 11.8 Å². The van der Waals surface area contributed by atoms with Crippen molar-refractivity contribution in [2.45, 2.75) is 44.8 Å². The molecule has 18 heavy (non-hydrogen) atoms. The van der Waals surface area contributed by atoms with Crippen molar-refractivity contribution < 1.29 is 5.11 Å².